The lowest BCUT2D eigenvalue weighted by molar-refractivity contribution is -0.167. The summed E-state index contributed by atoms with van der Waals surface area (Å²) in [5.41, 5.74) is 0. The van der Waals surface area contributed by atoms with Gasteiger partial charge in [0.1, 0.15) is 13.2 Å². The number of allylic oxidation sites excluding steroid dienone is 2. The second-order valence-corrected chi connectivity index (χ2v) is 19.6. The SMILES string of the molecule is CCCCCCCCC/C=C\CCCCCC(=O)OCC(COC(=O)CCCCCCCCCCCCCCCCCC)OC(=O)CCCCCCCCCCCCCCCCCC. The van der Waals surface area contributed by atoms with Crippen LogP contribution in [0.4, 0.5) is 0 Å². The zero-order chi connectivity index (χ0) is 46.5. The van der Waals surface area contributed by atoms with Crippen LogP contribution in [0.15, 0.2) is 12.2 Å². The van der Waals surface area contributed by atoms with E-state index in [4.69, 9.17) is 14.2 Å². The van der Waals surface area contributed by atoms with Crippen molar-refractivity contribution in [1.29, 1.82) is 0 Å². The molecule has 0 bridgehead atoms. The molecule has 0 rings (SSSR count). The van der Waals surface area contributed by atoms with Gasteiger partial charge in [-0.1, -0.05) is 270 Å². The molecule has 6 heteroatoms. The predicted octanol–water partition coefficient (Wildman–Crippen LogP) is 18.9. The first-order valence-corrected chi connectivity index (χ1v) is 28.7. The van der Waals surface area contributed by atoms with E-state index in [1.54, 1.807) is 0 Å². The Hall–Kier alpha value is -1.85. The molecule has 0 aliphatic heterocycles. The quantitative estimate of drug-likeness (QED) is 0.0262. The number of rotatable bonds is 53. The Morgan fingerprint density at radius 1 is 0.297 bits per heavy atom. The van der Waals surface area contributed by atoms with Gasteiger partial charge in [0.15, 0.2) is 6.10 Å². The molecule has 0 amide bonds. The molecular weight excluding hydrogens is 793 g/mol. The highest BCUT2D eigenvalue weighted by atomic mass is 16.6. The molecule has 0 aromatic heterocycles. The zero-order valence-electron chi connectivity index (χ0n) is 43.3. The Bertz CT molecular complexity index is 993. The van der Waals surface area contributed by atoms with Crippen molar-refractivity contribution < 1.29 is 28.6 Å². The summed E-state index contributed by atoms with van der Waals surface area (Å²) in [6.45, 7) is 6.68. The minimum Gasteiger partial charge on any atom is -0.462 e. The fraction of sp³-hybridized carbons (Fsp3) is 0.914. The van der Waals surface area contributed by atoms with Crippen molar-refractivity contribution in [2.75, 3.05) is 13.2 Å². The van der Waals surface area contributed by atoms with Crippen molar-refractivity contribution in [2.45, 2.75) is 329 Å². The molecule has 0 saturated heterocycles. The van der Waals surface area contributed by atoms with Crippen LogP contribution < -0.4 is 0 Å². The van der Waals surface area contributed by atoms with E-state index >= 15 is 0 Å². The molecule has 64 heavy (non-hydrogen) atoms. The lowest BCUT2D eigenvalue weighted by Crippen LogP contribution is -2.30. The number of carbonyl (C=O) groups is 3. The monoisotopic (exact) mass is 903 g/mol. The fourth-order valence-electron chi connectivity index (χ4n) is 8.68. The third kappa shape index (κ3) is 51.1. The van der Waals surface area contributed by atoms with Gasteiger partial charge in [0, 0.05) is 19.3 Å². The van der Waals surface area contributed by atoms with Crippen molar-refractivity contribution in [1.82, 2.24) is 0 Å². The van der Waals surface area contributed by atoms with Gasteiger partial charge in [-0.15, -0.1) is 0 Å². The number of unbranched alkanes of at least 4 members (excludes halogenated alkanes) is 40. The largest absolute Gasteiger partial charge is 0.462 e. The lowest BCUT2D eigenvalue weighted by Gasteiger charge is -2.18. The Labute approximate surface area is 399 Å². The standard InChI is InChI=1S/C58H110O6/c1-4-7-10-13-16-19-22-25-28-30-33-36-39-42-45-48-51-57(60)63-54-55(53-62-56(59)50-47-44-41-38-35-32-27-24-21-18-15-12-9-6-3)64-58(61)52-49-46-43-40-37-34-31-29-26-23-20-17-14-11-8-5-2/h32,35,55H,4-31,33-34,36-54H2,1-3H3/b35-32-. The summed E-state index contributed by atoms with van der Waals surface area (Å²) < 4.78 is 16.9. The van der Waals surface area contributed by atoms with Crippen LogP contribution in [0.2, 0.25) is 0 Å². The molecule has 0 aromatic carbocycles. The lowest BCUT2D eigenvalue weighted by atomic mass is 10.0. The third-order valence-corrected chi connectivity index (χ3v) is 13.0. The minimum atomic E-state index is -0.770. The van der Waals surface area contributed by atoms with Gasteiger partial charge in [-0.25, -0.2) is 0 Å². The maximum Gasteiger partial charge on any atom is 0.306 e. The summed E-state index contributed by atoms with van der Waals surface area (Å²) in [5, 5.41) is 0. The maximum absolute atomic E-state index is 12.8. The van der Waals surface area contributed by atoms with E-state index < -0.39 is 6.10 Å². The number of carbonyl (C=O) groups excluding carboxylic acids is 3. The summed E-state index contributed by atoms with van der Waals surface area (Å²) in [4.78, 5) is 38.1. The zero-order valence-corrected chi connectivity index (χ0v) is 43.3. The molecule has 1 unspecified atom stereocenters. The van der Waals surface area contributed by atoms with E-state index in [2.05, 4.69) is 32.9 Å². The first-order chi connectivity index (χ1) is 31.5. The normalized spacial score (nSPS) is 12.0. The summed E-state index contributed by atoms with van der Waals surface area (Å²) >= 11 is 0. The van der Waals surface area contributed by atoms with Gasteiger partial charge in [0.05, 0.1) is 0 Å². The molecule has 0 aromatic rings. The van der Waals surface area contributed by atoms with Gasteiger partial charge < -0.3 is 14.2 Å². The van der Waals surface area contributed by atoms with Crippen LogP contribution in [0.3, 0.4) is 0 Å². The van der Waals surface area contributed by atoms with Gasteiger partial charge in [-0.2, -0.15) is 0 Å². The summed E-state index contributed by atoms with van der Waals surface area (Å²) in [7, 11) is 0. The number of ether oxygens (including phenoxy) is 3. The molecule has 0 saturated carbocycles. The highest BCUT2D eigenvalue weighted by Gasteiger charge is 2.19. The molecule has 0 aliphatic carbocycles. The summed E-state index contributed by atoms with van der Waals surface area (Å²) in [6, 6.07) is 0. The first-order valence-electron chi connectivity index (χ1n) is 28.7. The molecule has 0 spiro atoms. The van der Waals surface area contributed by atoms with Gasteiger partial charge in [-0.3, -0.25) is 14.4 Å². The number of esters is 3. The average Bonchev–Trinajstić information content (AvgIpc) is 3.29. The molecule has 0 aliphatic rings. The van der Waals surface area contributed by atoms with Crippen molar-refractivity contribution in [3.8, 4) is 0 Å². The van der Waals surface area contributed by atoms with Gasteiger partial charge in [0.25, 0.3) is 0 Å². The highest BCUT2D eigenvalue weighted by Crippen LogP contribution is 2.17. The predicted molar refractivity (Wildman–Crippen MR) is 275 cm³/mol. The van der Waals surface area contributed by atoms with Crippen LogP contribution in [0.25, 0.3) is 0 Å². The van der Waals surface area contributed by atoms with E-state index in [-0.39, 0.29) is 31.1 Å². The molecule has 0 fully saturated rings. The van der Waals surface area contributed by atoms with E-state index in [0.717, 1.165) is 64.2 Å². The summed E-state index contributed by atoms with van der Waals surface area (Å²) in [5.74, 6) is -0.861. The van der Waals surface area contributed by atoms with Gasteiger partial charge >= 0.3 is 17.9 Å². The van der Waals surface area contributed by atoms with E-state index in [0.29, 0.717) is 19.3 Å². The van der Waals surface area contributed by atoms with Crippen LogP contribution >= 0.6 is 0 Å². The van der Waals surface area contributed by atoms with Gasteiger partial charge in [0.2, 0.25) is 0 Å². The van der Waals surface area contributed by atoms with Crippen molar-refractivity contribution in [2.24, 2.45) is 0 Å². The van der Waals surface area contributed by atoms with Crippen molar-refractivity contribution >= 4 is 17.9 Å². The average molecular weight is 904 g/mol. The topological polar surface area (TPSA) is 78.9 Å². The van der Waals surface area contributed by atoms with Crippen molar-refractivity contribution in [3.63, 3.8) is 0 Å². The minimum absolute atomic E-state index is 0.0686. The molecule has 0 heterocycles. The van der Waals surface area contributed by atoms with Crippen molar-refractivity contribution in [3.05, 3.63) is 12.2 Å². The molecule has 0 radical (unpaired) electrons. The van der Waals surface area contributed by atoms with Crippen LogP contribution in [-0.2, 0) is 28.6 Å². The molecular formula is C58H110O6. The Morgan fingerprint density at radius 3 is 0.797 bits per heavy atom. The third-order valence-electron chi connectivity index (χ3n) is 13.0. The highest BCUT2D eigenvalue weighted by molar-refractivity contribution is 5.71. The smallest absolute Gasteiger partial charge is 0.306 e. The Kier molecular flexibility index (Phi) is 52.2. The molecule has 0 N–H and O–H groups in total. The van der Waals surface area contributed by atoms with Crippen LogP contribution in [0.1, 0.15) is 323 Å². The van der Waals surface area contributed by atoms with E-state index in [1.165, 1.54) is 218 Å². The molecule has 6 nitrogen and oxygen atoms in total. The second-order valence-electron chi connectivity index (χ2n) is 19.6. The van der Waals surface area contributed by atoms with Crippen LogP contribution in [0, 0.1) is 0 Å². The van der Waals surface area contributed by atoms with Crippen LogP contribution in [-0.4, -0.2) is 37.2 Å². The van der Waals surface area contributed by atoms with E-state index in [9.17, 15) is 14.4 Å². The second kappa shape index (κ2) is 53.8. The van der Waals surface area contributed by atoms with Crippen LogP contribution in [0.5, 0.6) is 0 Å². The maximum atomic E-state index is 12.8. The number of hydrogen-bond acceptors (Lipinski definition) is 6. The number of hydrogen-bond donors (Lipinski definition) is 0. The van der Waals surface area contributed by atoms with Gasteiger partial charge in [-0.05, 0) is 44.9 Å². The Morgan fingerprint density at radius 2 is 0.516 bits per heavy atom. The Balaban J connectivity index is 4.33. The summed E-state index contributed by atoms with van der Waals surface area (Å²) in [6.07, 6.45) is 60.6. The first kappa shape index (κ1) is 62.1. The fourth-order valence-corrected chi connectivity index (χ4v) is 8.68. The molecule has 1 atom stereocenters. The van der Waals surface area contributed by atoms with E-state index in [1.807, 2.05) is 0 Å². The molecule has 378 valence electrons.